The molecule has 158 valence electrons. The van der Waals surface area contributed by atoms with Crippen LogP contribution < -0.4 is 0 Å². The number of benzene rings is 6. The van der Waals surface area contributed by atoms with Crippen LogP contribution >= 0.6 is 11.3 Å². The Kier molecular flexibility index (Phi) is 3.60. The van der Waals surface area contributed by atoms with Gasteiger partial charge in [0.25, 0.3) is 0 Å². The zero-order valence-electron chi connectivity index (χ0n) is 18.3. The minimum absolute atomic E-state index is 1.23. The van der Waals surface area contributed by atoms with E-state index in [1.807, 2.05) is 11.3 Å². The Morgan fingerprint density at radius 1 is 0.441 bits per heavy atom. The molecule has 0 spiro atoms. The van der Waals surface area contributed by atoms with Gasteiger partial charge in [-0.25, -0.2) is 0 Å². The molecule has 0 radical (unpaired) electrons. The maximum absolute atomic E-state index is 2.45. The van der Waals surface area contributed by atoms with E-state index in [1.54, 1.807) is 0 Å². The molecule has 0 unspecified atom stereocenters. The van der Waals surface area contributed by atoms with Gasteiger partial charge in [0, 0.05) is 36.3 Å². The third-order valence-corrected chi connectivity index (χ3v) is 8.36. The molecule has 0 aliphatic carbocycles. The average molecular weight is 450 g/mol. The molecule has 6 aromatic carbocycles. The van der Waals surface area contributed by atoms with E-state index >= 15 is 0 Å². The standard InChI is InChI=1S/C32H19NS/c1-3-11-22-20(8-1)10-7-15-28(22)33-29-14-6-5-13-24(29)26-18-27-25-17-16-21-9-2-4-12-23(21)32(25)34-31(27)19-30(26)33/h1-19H. The van der Waals surface area contributed by atoms with Crippen LogP contribution in [0.4, 0.5) is 0 Å². The summed E-state index contributed by atoms with van der Waals surface area (Å²) in [5.41, 5.74) is 3.75. The Hall–Kier alpha value is -4.14. The van der Waals surface area contributed by atoms with Crippen LogP contribution in [0.25, 0.3) is 69.2 Å². The van der Waals surface area contributed by atoms with Gasteiger partial charge in [-0.05, 0) is 40.4 Å². The molecule has 0 saturated heterocycles. The molecule has 0 aliphatic heterocycles. The zero-order valence-corrected chi connectivity index (χ0v) is 19.1. The molecule has 0 N–H and O–H groups in total. The molecule has 34 heavy (non-hydrogen) atoms. The van der Waals surface area contributed by atoms with Crippen molar-refractivity contribution in [2.75, 3.05) is 0 Å². The van der Waals surface area contributed by atoms with Crippen molar-refractivity contribution < 1.29 is 0 Å². The first kappa shape index (κ1) is 18.3. The molecule has 0 amide bonds. The fourth-order valence-corrected chi connectivity index (χ4v) is 6.88. The van der Waals surface area contributed by atoms with Crippen LogP contribution in [-0.4, -0.2) is 4.57 Å². The number of aromatic nitrogens is 1. The maximum Gasteiger partial charge on any atom is 0.0555 e. The van der Waals surface area contributed by atoms with Crippen molar-refractivity contribution in [2.24, 2.45) is 0 Å². The number of nitrogens with zero attached hydrogens (tertiary/aromatic N) is 1. The van der Waals surface area contributed by atoms with E-state index in [9.17, 15) is 0 Å². The fraction of sp³-hybridized carbons (Fsp3) is 0. The van der Waals surface area contributed by atoms with Gasteiger partial charge in [0.15, 0.2) is 0 Å². The van der Waals surface area contributed by atoms with Crippen LogP contribution in [0, 0.1) is 0 Å². The molecule has 1 nitrogen and oxygen atoms in total. The van der Waals surface area contributed by atoms with Crippen LogP contribution in [0.5, 0.6) is 0 Å². The second-order valence-electron chi connectivity index (χ2n) is 8.98. The lowest BCUT2D eigenvalue weighted by molar-refractivity contribution is 1.20. The minimum Gasteiger partial charge on any atom is -0.309 e. The maximum atomic E-state index is 2.45. The van der Waals surface area contributed by atoms with E-state index in [0.717, 1.165) is 0 Å². The van der Waals surface area contributed by atoms with Crippen LogP contribution in [0.2, 0.25) is 0 Å². The molecule has 8 rings (SSSR count). The van der Waals surface area contributed by atoms with Crippen molar-refractivity contribution in [3.63, 3.8) is 0 Å². The van der Waals surface area contributed by atoms with E-state index in [1.165, 1.54) is 69.2 Å². The third-order valence-electron chi connectivity index (χ3n) is 7.16. The molecule has 0 bridgehead atoms. The van der Waals surface area contributed by atoms with E-state index < -0.39 is 0 Å². The van der Waals surface area contributed by atoms with Gasteiger partial charge in [-0.2, -0.15) is 0 Å². The van der Waals surface area contributed by atoms with Crippen molar-refractivity contribution in [1.82, 2.24) is 4.57 Å². The van der Waals surface area contributed by atoms with Crippen LogP contribution in [0.1, 0.15) is 0 Å². The Morgan fingerprint density at radius 2 is 1.15 bits per heavy atom. The minimum atomic E-state index is 1.23. The Labute approximate surface area is 200 Å². The normalized spacial score (nSPS) is 12.1. The average Bonchev–Trinajstić information content (AvgIpc) is 3.42. The SMILES string of the molecule is c1ccc2c(-n3c4ccccc4c4cc5c(cc43)sc3c4ccccc4ccc53)cccc2c1. The van der Waals surface area contributed by atoms with Crippen molar-refractivity contribution in [1.29, 1.82) is 0 Å². The first-order valence-electron chi connectivity index (χ1n) is 11.6. The molecular weight excluding hydrogens is 430 g/mol. The Bertz CT molecular complexity index is 2070. The predicted molar refractivity (Wildman–Crippen MR) is 149 cm³/mol. The van der Waals surface area contributed by atoms with Gasteiger partial charge in [0.2, 0.25) is 0 Å². The summed E-state index contributed by atoms with van der Waals surface area (Å²) in [7, 11) is 0. The van der Waals surface area contributed by atoms with E-state index in [2.05, 4.69) is 120 Å². The topological polar surface area (TPSA) is 4.93 Å². The lowest BCUT2D eigenvalue weighted by atomic mass is 10.0. The summed E-state index contributed by atoms with van der Waals surface area (Å²) in [6.45, 7) is 0. The summed E-state index contributed by atoms with van der Waals surface area (Å²) >= 11 is 1.91. The third kappa shape index (κ3) is 2.38. The molecule has 0 saturated carbocycles. The van der Waals surface area contributed by atoms with Gasteiger partial charge in [-0.1, -0.05) is 91.0 Å². The van der Waals surface area contributed by atoms with Crippen LogP contribution in [0.3, 0.4) is 0 Å². The number of hydrogen-bond acceptors (Lipinski definition) is 1. The molecule has 8 aromatic rings. The lowest BCUT2D eigenvalue weighted by Crippen LogP contribution is -1.94. The predicted octanol–water partition coefficient (Wildman–Crippen LogP) is 9.46. The second kappa shape index (κ2) is 6.69. The monoisotopic (exact) mass is 449 g/mol. The summed E-state index contributed by atoms with van der Waals surface area (Å²) in [4.78, 5) is 0. The second-order valence-corrected chi connectivity index (χ2v) is 10.0. The van der Waals surface area contributed by atoms with Crippen molar-refractivity contribution in [2.45, 2.75) is 0 Å². The molecular formula is C32H19NS. The zero-order chi connectivity index (χ0) is 22.2. The molecule has 0 fully saturated rings. The lowest BCUT2D eigenvalue weighted by Gasteiger charge is -2.11. The van der Waals surface area contributed by atoms with Crippen molar-refractivity contribution in [3.05, 3.63) is 115 Å². The highest BCUT2D eigenvalue weighted by atomic mass is 32.1. The van der Waals surface area contributed by atoms with Gasteiger partial charge < -0.3 is 4.57 Å². The number of thiophene rings is 1. The Balaban J connectivity index is 1.56. The molecule has 0 aliphatic rings. The van der Waals surface area contributed by atoms with E-state index in [-0.39, 0.29) is 0 Å². The van der Waals surface area contributed by atoms with Gasteiger partial charge in [0.1, 0.15) is 0 Å². The largest absolute Gasteiger partial charge is 0.309 e. The van der Waals surface area contributed by atoms with Gasteiger partial charge in [-0.15, -0.1) is 11.3 Å². The highest BCUT2D eigenvalue weighted by Gasteiger charge is 2.17. The molecule has 0 atom stereocenters. The molecule has 2 aromatic heterocycles. The quantitative estimate of drug-likeness (QED) is 0.235. The van der Waals surface area contributed by atoms with E-state index in [0.29, 0.717) is 0 Å². The summed E-state index contributed by atoms with van der Waals surface area (Å²) < 4.78 is 5.17. The number of rotatable bonds is 1. The summed E-state index contributed by atoms with van der Waals surface area (Å²) in [6, 6.07) is 42.2. The number of hydrogen-bond donors (Lipinski definition) is 0. The molecule has 2 heterocycles. The van der Waals surface area contributed by atoms with Gasteiger partial charge in [0.05, 0.1) is 16.7 Å². The first-order chi connectivity index (χ1) is 16.9. The Morgan fingerprint density at radius 3 is 2.03 bits per heavy atom. The smallest absolute Gasteiger partial charge is 0.0555 e. The highest BCUT2D eigenvalue weighted by Crippen LogP contribution is 2.43. The van der Waals surface area contributed by atoms with Crippen molar-refractivity contribution in [3.8, 4) is 5.69 Å². The van der Waals surface area contributed by atoms with Crippen LogP contribution in [0.15, 0.2) is 115 Å². The number of para-hydroxylation sites is 1. The highest BCUT2D eigenvalue weighted by molar-refractivity contribution is 7.26. The van der Waals surface area contributed by atoms with Gasteiger partial charge in [-0.3, -0.25) is 0 Å². The molecule has 2 heteroatoms. The first-order valence-corrected chi connectivity index (χ1v) is 12.4. The summed E-state index contributed by atoms with van der Waals surface area (Å²) in [5, 5.41) is 10.5. The summed E-state index contributed by atoms with van der Waals surface area (Å²) in [5.74, 6) is 0. The van der Waals surface area contributed by atoms with Crippen LogP contribution in [-0.2, 0) is 0 Å². The number of fused-ring (bicyclic) bond motifs is 9. The fourth-order valence-electron chi connectivity index (χ4n) is 5.63. The summed E-state index contributed by atoms with van der Waals surface area (Å²) in [6.07, 6.45) is 0. The van der Waals surface area contributed by atoms with Gasteiger partial charge >= 0.3 is 0 Å². The van der Waals surface area contributed by atoms with Crippen molar-refractivity contribution >= 4 is 74.9 Å². The van der Waals surface area contributed by atoms with E-state index in [4.69, 9.17) is 0 Å².